The van der Waals surface area contributed by atoms with Crippen molar-refractivity contribution in [1.82, 2.24) is 10.6 Å². The van der Waals surface area contributed by atoms with E-state index in [0.717, 1.165) is 38.1 Å². The third-order valence-corrected chi connectivity index (χ3v) is 3.58. The van der Waals surface area contributed by atoms with E-state index in [9.17, 15) is 13.6 Å². The summed E-state index contributed by atoms with van der Waals surface area (Å²) in [5, 5.41) is 6.06. The highest BCUT2D eigenvalue weighted by molar-refractivity contribution is 5.94. The van der Waals surface area contributed by atoms with E-state index in [4.69, 9.17) is 0 Å². The summed E-state index contributed by atoms with van der Waals surface area (Å²) >= 11 is 0. The molecule has 1 aromatic carbocycles. The first kappa shape index (κ1) is 13.9. The van der Waals surface area contributed by atoms with Gasteiger partial charge in [0.2, 0.25) is 0 Å². The second-order valence-corrected chi connectivity index (χ2v) is 4.99. The zero-order chi connectivity index (χ0) is 13.8. The molecule has 2 atom stereocenters. The first-order valence-corrected chi connectivity index (χ1v) is 6.54. The monoisotopic (exact) mass is 268 g/mol. The molecule has 19 heavy (non-hydrogen) atoms. The molecule has 5 heteroatoms. The van der Waals surface area contributed by atoms with Crippen molar-refractivity contribution >= 4 is 5.91 Å². The van der Waals surface area contributed by atoms with E-state index in [1.54, 1.807) is 0 Å². The smallest absolute Gasteiger partial charge is 0.254 e. The molecule has 1 amide bonds. The fourth-order valence-electron chi connectivity index (χ4n) is 2.38. The van der Waals surface area contributed by atoms with Gasteiger partial charge in [-0.05, 0) is 50.9 Å². The number of rotatable bonds is 3. The van der Waals surface area contributed by atoms with Crippen LogP contribution in [0.25, 0.3) is 0 Å². The molecule has 2 rings (SSSR count). The van der Waals surface area contributed by atoms with Crippen molar-refractivity contribution in [1.29, 1.82) is 0 Å². The van der Waals surface area contributed by atoms with E-state index in [1.165, 1.54) is 6.07 Å². The quantitative estimate of drug-likeness (QED) is 0.881. The molecule has 104 valence electrons. The fraction of sp³-hybridized carbons (Fsp3) is 0.500. The summed E-state index contributed by atoms with van der Waals surface area (Å²) in [5.41, 5.74) is -0.114. The standard InChI is InChI=1S/C14H18F2N2O/c1-9(10-3-2-6-17-8-10)18-14(19)12-5-4-11(15)7-13(12)16/h4-5,7,9-10,17H,2-3,6,8H2,1H3,(H,18,19). The van der Waals surface area contributed by atoms with Gasteiger partial charge in [0.25, 0.3) is 5.91 Å². The maximum absolute atomic E-state index is 13.5. The maximum atomic E-state index is 13.5. The molecule has 3 nitrogen and oxygen atoms in total. The van der Waals surface area contributed by atoms with Crippen LogP contribution in [0.4, 0.5) is 8.78 Å². The second-order valence-electron chi connectivity index (χ2n) is 4.99. The average Bonchev–Trinajstić information content (AvgIpc) is 2.39. The van der Waals surface area contributed by atoms with Crippen LogP contribution in [0, 0.1) is 17.6 Å². The van der Waals surface area contributed by atoms with Gasteiger partial charge >= 0.3 is 0 Å². The lowest BCUT2D eigenvalue weighted by molar-refractivity contribution is 0.0917. The molecule has 1 saturated heterocycles. The molecule has 2 unspecified atom stereocenters. The summed E-state index contributed by atoms with van der Waals surface area (Å²) in [5.74, 6) is -1.65. The number of amides is 1. The van der Waals surface area contributed by atoms with Gasteiger partial charge in [-0.2, -0.15) is 0 Å². The number of nitrogens with one attached hydrogen (secondary N) is 2. The van der Waals surface area contributed by atoms with Crippen molar-refractivity contribution < 1.29 is 13.6 Å². The average molecular weight is 268 g/mol. The third kappa shape index (κ3) is 3.50. The van der Waals surface area contributed by atoms with Gasteiger partial charge in [0.15, 0.2) is 0 Å². The number of carbonyl (C=O) groups is 1. The van der Waals surface area contributed by atoms with E-state index in [2.05, 4.69) is 10.6 Å². The number of halogens is 2. The fourth-order valence-corrected chi connectivity index (χ4v) is 2.38. The number of carbonyl (C=O) groups excluding carboxylic acids is 1. The Morgan fingerprint density at radius 3 is 2.89 bits per heavy atom. The van der Waals surface area contributed by atoms with Crippen LogP contribution >= 0.6 is 0 Å². The van der Waals surface area contributed by atoms with Gasteiger partial charge in [0.05, 0.1) is 5.56 Å². The van der Waals surface area contributed by atoms with Crippen molar-refractivity contribution in [3.63, 3.8) is 0 Å². The van der Waals surface area contributed by atoms with Crippen molar-refractivity contribution in [2.24, 2.45) is 5.92 Å². The summed E-state index contributed by atoms with van der Waals surface area (Å²) in [6, 6.07) is 2.95. The summed E-state index contributed by atoms with van der Waals surface area (Å²) < 4.78 is 26.3. The number of benzene rings is 1. The van der Waals surface area contributed by atoms with Crippen LogP contribution in [0.5, 0.6) is 0 Å². The minimum absolute atomic E-state index is 0.0373. The predicted octanol–water partition coefficient (Wildman–Crippen LogP) is 2.08. The Kier molecular flexibility index (Phi) is 4.47. The zero-order valence-electron chi connectivity index (χ0n) is 10.9. The highest BCUT2D eigenvalue weighted by Gasteiger charge is 2.22. The van der Waals surface area contributed by atoms with Crippen LogP contribution in [-0.4, -0.2) is 25.0 Å². The van der Waals surface area contributed by atoms with Crippen molar-refractivity contribution in [3.05, 3.63) is 35.4 Å². The molecule has 0 aromatic heterocycles. The van der Waals surface area contributed by atoms with E-state index >= 15 is 0 Å². The highest BCUT2D eigenvalue weighted by Crippen LogP contribution is 2.15. The van der Waals surface area contributed by atoms with E-state index in [-0.39, 0.29) is 11.6 Å². The molecule has 2 N–H and O–H groups in total. The third-order valence-electron chi connectivity index (χ3n) is 3.58. The lowest BCUT2D eigenvalue weighted by atomic mass is 9.92. The highest BCUT2D eigenvalue weighted by atomic mass is 19.1. The largest absolute Gasteiger partial charge is 0.349 e. The van der Waals surface area contributed by atoms with Gasteiger partial charge in [-0.25, -0.2) is 8.78 Å². The lowest BCUT2D eigenvalue weighted by Gasteiger charge is -2.29. The van der Waals surface area contributed by atoms with Gasteiger partial charge in [-0.1, -0.05) is 0 Å². The van der Waals surface area contributed by atoms with Crippen LogP contribution < -0.4 is 10.6 Å². The minimum Gasteiger partial charge on any atom is -0.349 e. The normalized spacial score (nSPS) is 20.9. The first-order chi connectivity index (χ1) is 9.08. The number of hydrogen-bond acceptors (Lipinski definition) is 2. The van der Waals surface area contributed by atoms with E-state index in [1.807, 2.05) is 6.92 Å². The van der Waals surface area contributed by atoms with Crippen LogP contribution in [0.2, 0.25) is 0 Å². The molecule has 0 bridgehead atoms. The van der Waals surface area contributed by atoms with Crippen molar-refractivity contribution in [3.8, 4) is 0 Å². The Hall–Kier alpha value is -1.49. The van der Waals surface area contributed by atoms with Crippen LogP contribution in [0.1, 0.15) is 30.1 Å². The van der Waals surface area contributed by atoms with Gasteiger partial charge in [0, 0.05) is 12.1 Å². The number of hydrogen-bond donors (Lipinski definition) is 2. The summed E-state index contributed by atoms with van der Waals surface area (Å²) in [7, 11) is 0. The molecular weight excluding hydrogens is 250 g/mol. The molecule has 0 radical (unpaired) electrons. The van der Waals surface area contributed by atoms with Gasteiger partial charge in [0.1, 0.15) is 11.6 Å². The lowest BCUT2D eigenvalue weighted by Crippen LogP contribution is -2.44. The Labute approximate surface area is 111 Å². The Balaban J connectivity index is 1.99. The molecule has 1 fully saturated rings. The Morgan fingerprint density at radius 2 is 2.26 bits per heavy atom. The van der Waals surface area contributed by atoms with E-state index in [0.29, 0.717) is 5.92 Å². The zero-order valence-corrected chi connectivity index (χ0v) is 10.9. The SMILES string of the molecule is CC(NC(=O)c1ccc(F)cc1F)C1CCCNC1. The Morgan fingerprint density at radius 1 is 1.47 bits per heavy atom. The van der Waals surface area contributed by atoms with Crippen LogP contribution in [0.3, 0.4) is 0 Å². The molecule has 1 aromatic rings. The van der Waals surface area contributed by atoms with Crippen LogP contribution in [-0.2, 0) is 0 Å². The summed E-state index contributed by atoms with van der Waals surface area (Å²) in [6.07, 6.45) is 2.12. The summed E-state index contributed by atoms with van der Waals surface area (Å²) in [4.78, 5) is 11.9. The minimum atomic E-state index is -0.827. The topological polar surface area (TPSA) is 41.1 Å². The second kappa shape index (κ2) is 6.10. The van der Waals surface area contributed by atoms with Gasteiger partial charge in [-0.3, -0.25) is 4.79 Å². The molecule has 1 aliphatic rings. The molecule has 0 spiro atoms. The molecule has 1 heterocycles. The number of piperidine rings is 1. The van der Waals surface area contributed by atoms with Gasteiger partial charge in [-0.15, -0.1) is 0 Å². The van der Waals surface area contributed by atoms with Crippen molar-refractivity contribution in [2.75, 3.05) is 13.1 Å². The molecule has 1 aliphatic heterocycles. The maximum Gasteiger partial charge on any atom is 0.254 e. The van der Waals surface area contributed by atoms with E-state index < -0.39 is 17.5 Å². The summed E-state index contributed by atoms with van der Waals surface area (Å²) in [6.45, 7) is 3.77. The molecular formula is C14H18F2N2O. The predicted molar refractivity (Wildman–Crippen MR) is 68.9 cm³/mol. The Bertz CT molecular complexity index is 459. The van der Waals surface area contributed by atoms with Crippen molar-refractivity contribution in [2.45, 2.75) is 25.8 Å². The molecule has 0 aliphatic carbocycles. The van der Waals surface area contributed by atoms with Crippen LogP contribution in [0.15, 0.2) is 18.2 Å². The molecule has 0 saturated carbocycles. The first-order valence-electron chi connectivity index (χ1n) is 6.54. The van der Waals surface area contributed by atoms with Gasteiger partial charge < -0.3 is 10.6 Å².